The number of hydrogen-bond acceptors (Lipinski definition) is 7. The molecule has 0 aliphatic carbocycles. The SMILES string of the molecule is COc1cc(C(=O)Nc2ccc(N3CCN(C(=O)c4cc(Cl)nc(Cl)c4)CC3)cc2)cc(OC)c1OC. The Morgan fingerprint density at radius 3 is 1.89 bits per heavy atom. The molecule has 1 aliphatic rings. The monoisotopic (exact) mass is 544 g/mol. The first kappa shape index (κ1) is 26.4. The summed E-state index contributed by atoms with van der Waals surface area (Å²) in [6.45, 7) is 2.43. The summed E-state index contributed by atoms with van der Waals surface area (Å²) in [6, 6.07) is 13.8. The van der Waals surface area contributed by atoms with Crippen LogP contribution in [0.2, 0.25) is 10.3 Å². The number of aromatic nitrogens is 1. The molecule has 1 aliphatic heterocycles. The minimum Gasteiger partial charge on any atom is -0.493 e. The van der Waals surface area contributed by atoms with Gasteiger partial charge in [-0.1, -0.05) is 23.2 Å². The average Bonchev–Trinajstić information content (AvgIpc) is 2.91. The zero-order chi connectivity index (χ0) is 26.5. The normalized spacial score (nSPS) is 13.2. The number of hydrogen-bond donors (Lipinski definition) is 1. The fourth-order valence-electron chi connectivity index (χ4n) is 4.11. The molecular formula is C26H26Cl2N4O5. The second-order valence-electron chi connectivity index (χ2n) is 8.20. The molecule has 2 amide bonds. The molecule has 37 heavy (non-hydrogen) atoms. The van der Waals surface area contributed by atoms with Crippen LogP contribution >= 0.6 is 23.2 Å². The molecule has 9 nitrogen and oxygen atoms in total. The zero-order valence-corrected chi connectivity index (χ0v) is 22.1. The molecule has 3 aromatic rings. The Balaban J connectivity index is 1.38. The Morgan fingerprint density at radius 2 is 1.38 bits per heavy atom. The molecule has 11 heteroatoms. The van der Waals surface area contributed by atoms with Gasteiger partial charge in [0.15, 0.2) is 11.5 Å². The quantitative estimate of drug-likeness (QED) is 0.433. The molecule has 0 radical (unpaired) electrons. The van der Waals surface area contributed by atoms with Crippen molar-refractivity contribution in [3.63, 3.8) is 0 Å². The van der Waals surface area contributed by atoms with Crippen LogP contribution in [0.25, 0.3) is 0 Å². The van der Waals surface area contributed by atoms with E-state index in [1.807, 2.05) is 24.3 Å². The van der Waals surface area contributed by atoms with Crippen molar-refractivity contribution in [2.75, 3.05) is 57.7 Å². The summed E-state index contributed by atoms with van der Waals surface area (Å²) in [5.74, 6) is 0.775. The van der Waals surface area contributed by atoms with E-state index in [2.05, 4.69) is 15.2 Å². The highest BCUT2D eigenvalue weighted by Gasteiger charge is 2.23. The van der Waals surface area contributed by atoms with Crippen LogP contribution in [0.4, 0.5) is 11.4 Å². The minimum absolute atomic E-state index is 0.129. The van der Waals surface area contributed by atoms with E-state index in [-0.39, 0.29) is 22.1 Å². The van der Waals surface area contributed by atoms with Gasteiger partial charge in [0.1, 0.15) is 10.3 Å². The predicted octanol–water partition coefficient (Wildman–Crippen LogP) is 4.63. The predicted molar refractivity (Wildman–Crippen MR) is 143 cm³/mol. The highest BCUT2D eigenvalue weighted by molar-refractivity contribution is 6.33. The maximum Gasteiger partial charge on any atom is 0.255 e. The summed E-state index contributed by atoms with van der Waals surface area (Å²) >= 11 is 11.9. The van der Waals surface area contributed by atoms with E-state index >= 15 is 0 Å². The lowest BCUT2D eigenvalue weighted by molar-refractivity contribution is 0.0746. The van der Waals surface area contributed by atoms with Crippen LogP contribution in [0.3, 0.4) is 0 Å². The summed E-state index contributed by atoms with van der Waals surface area (Å²) in [7, 11) is 4.50. The van der Waals surface area contributed by atoms with E-state index in [1.165, 1.54) is 33.5 Å². The molecule has 0 atom stereocenters. The number of piperazine rings is 1. The Kier molecular flexibility index (Phi) is 8.25. The standard InChI is InChI=1S/C26H26Cl2N4O5/c1-35-20-12-16(13-21(36-2)24(20)37-3)25(33)29-18-4-6-19(7-5-18)31-8-10-32(11-9-31)26(34)17-14-22(27)30-23(28)15-17/h4-7,12-15H,8-11H2,1-3H3,(H,29,33). The number of halogens is 2. The number of pyridine rings is 1. The summed E-state index contributed by atoms with van der Waals surface area (Å²) in [6.07, 6.45) is 0. The molecule has 1 fully saturated rings. The number of nitrogens with one attached hydrogen (secondary N) is 1. The van der Waals surface area contributed by atoms with Gasteiger partial charge in [-0.25, -0.2) is 4.98 Å². The highest BCUT2D eigenvalue weighted by Crippen LogP contribution is 2.38. The Hall–Kier alpha value is -3.69. The van der Waals surface area contributed by atoms with Gasteiger partial charge in [-0.3, -0.25) is 9.59 Å². The number of carbonyl (C=O) groups excluding carboxylic acids is 2. The molecule has 2 heterocycles. The Labute approximate surface area is 224 Å². The molecule has 0 spiro atoms. The molecular weight excluding hydrogens is 519 g/mol. The summed E-state index contributed by atoms with van der Waals surface area (Å²) in [5, 5.41) is 3.26. The summed E-state index contributed by atoms with van der Waals surface area (Å²) < 4.78 is 16.0. The van der Waals surface area contributed by atoms with E-state index in [0.717, 1.165) is 5.69 Å². The first-order valence-electron chi connectivity index (χ1n) is 11.4. The van der Waals surface area contributed by atoms with E-state index < -0.39 is 0 Å². The number of carbonyl (C=O) groups is 2. The van der Waals surface area contributed by atoms with E-state index in [9.17, 15) is 9.59 Å². The van der Waals surface area contributed by atoms with Crippen LogP contribution in [0.1, 0.15) is 20.7 Å². The molecule has 0 unspecified atom stereocenters. The Morgan fingerprint density at radius 1 is 0.811 bits per heavy atom. The second kappa shape index (κ2) is 11.6. The van der Waals surface area contributed by atoms with Crippen LogP contribution in [-0.4, -0.2) is 69.2 Å². The third kappa shape index (κ3) is 6.00. The maximum absolute atomic E-state index is 12.9. The topological polar surface area (TPSA) is 93.2 Å². The molecule has 4 rings (SSSR count). The van der Waals surface area contributed by atoms with Gasteiger partial charge < -0.3 is 29.3 Å². The Bertz CT molecular complexity index is 1250. The van der Waals surface area contributed by atoms with Crippen LogP contribution in [0.15, 0.2) is 48.5 Å². The molecule has 0 bridgehead atoms. The number of methoxy groups -OCH3 is 3. The van der Waals surface area contributed by atoms with Crippen LogP contribution < -0.4 is 24.4 Å². The number of anilines is 2. The smallest absolute Gasteiger partial charge is 0.255 e. The van der Waals surface area contributed by atoms with Crippen molar-refractivity contribution in [3.05, 3.63) is 70.0 Å². The number of rotatable bonds is 7. The largest absolute Gasteiger partial charge is 0.493 e. The molecule has 0 saturated carbocycles. The maximum atomic E-state index is 12.9. The third-order valence-electron chi connectivity index (χ3n) is 5.99. The van der Waals surface area contributed by atoms with Gasteiger partial charge in [0, 0.05) is 48.7 Å². The first-order valence-corrected chi connectivity index (χ1v) is 12.2. The van der Waals surface area contributed by atoms with Gasteiger partial charge in [0.2, 0.25) is 5.75 Å². The molecule has 194 valence electrons. The van der Waals surface area contributed by atoms with Crippen molar-refractivity contribution in [2.45, 2.75) is 0 Å². The van der Waals surface area contributed by atoms with Gasteiger partial charge in [0.25, 0.3) is 11.8 Å². The fraction of sp³-hybridized carbons (Fsp3) is 0.269. The molecule has 1 aromatic heterocycles. The second-order valence-corrected chi connectivity index (χ2v) is 8.97. The van der Waals surface area contributed by atoms with Crippen molar-refractivity contribution in [2.24, 2.45) is 0 Å². The van der Waals surface area contributed by atoms with Gasteiger partial charge in [-0.2, -0.15) is 0 Å². The van der Waals surface area contributed by atoms with Gasteiger partial charge >= 0.3 is 0 Å². The lowest BCUT2D eigenvalue weighted by Gasteiger charge is -2.36. The van der Waals surface area contributed by atoms with Gasteiger partial charge in [-0.05, 0) is 48.5 Å². The highest BCUT2D eigenvalue weighted by atomic mass is 35.5. The van der Waals surface area contributed by atoms with Crippen molar-refractivity contribution in [1.29, 1.82) is 0 Å². The zero-order valence-electron chi connectivity index (χ0n) is 20.6. The minimum atomic E-state index is -0.310. The lowest BCUT2D eigenvalue weighted by atomic mass is 10.1. The van der Waals surface area contributed by atoms with Crippen LogP contribution in [-0.2, 0) is 0 Å². The average molecular weight is 545 g/mol. The number of benzene rings is 2. The van der Waals surface area contributed by atoms with Crippen LogP contribution in [0.5, 0.6) is 17.2 Å². The lowest BCUT2D eigenvalue weighted by Crippen LogP contribution is -2.48. The van der Waals surface area contributed by atoms with Crippen molar-refractivity contribution in [1.82, 2.24) is 9.88 Å². The third-order valence-corrected chi connectivity index (χ3v) is 6.38. The van der Waals surface area contributed by atoms with Gasteiger partial charge in [-0.15, -0.1) is 0 Å². The summed E-state index contributed by atoms with van der Waals surface area (Å²) in [5.41, 5.74) is 2.43. The molecule has 1 saturated heterocycles. The van der Waals surface area contributed by atoms with Crippen molar-refractivity contribution >= 4 is 46.4 Å². The number of amides is 2. The van der Waals surface area contributed by atoms with E-state index in [4.69, 9.17) is 37.4 Å². The summed E-state index contributed by atoms with van der Waals surface area (Å²) in [4.78, 5) is 33.5. The van der Waals surface area contributed by atoms with Crippen molar-refractivity contribution < 1.29 is 23.8 Å². The van der Waals surface area contributed by atoms with Crippen molar-refractivity contribution in [3.8, 4) is 17.2 Å². The fourth-order valence-corrected chi connectivity index (χ4v) is 4.57. The van der Waals surface area contributed by atoms with Crippen LogP contribution in [0, 0.1) is 0 Å². The van der Waals surface area contributed by atoms with E-state index in [1.54, 1.807) is 17.0 Å². The van der Waals surface area contributed by atoms with Gasteiger partial charge in [0.05, 0.1) is 21.3 Å². The number of ether oxygens (including phenoxy) is 3. The number of nitrogens with zero attached hydrogens (tertiary/aromatic N) is 3. The molecule has 2 aromatic carbocycles. The first-order chi connectivity index (χ1) is 17.8. The van der Waals surface area contributed by atoms with E-state index in [0.29, 0.717) is 60.2 Å². The molecule has 1 N–H and O–H groups in total.